The molecule has 0 aromatic carbocycles. The molecule has 2 saturated heterocycles. The predicted octanol–water partition coefficient (Wildman–Crippen LogP) is -0.0560. The standard InChI is InChI=1S/C15H27N3O3/c1-10(2)9-17-7-4-5-15(17)6-8-18(14(15)21)12(11(3)19)13(16)20/h10-12,19H,4-9H2,1-3H3,(H2,16,20)/t11-,12+,15?/m1/s1. The molecular weight excluding hydrogens is 270 g/mol. The van der Waals surface area contributed by atoms with E-state index in [9.17, 15) is 14.7 Å². The minimum atomic E-state index is -0.943. The van der Waals surface area contributed by atoms with E-state index < -0.39 is 23.6 Å². The lowest BCUT2D eigenvalue weighted by molar-refractivity contribution is -0.145. The summed E-state index contributed by atoms with van der Waals surface area (Å²) < 4.78 is 0. The van der Waals surface area contributed by atoms with Crippen LogP contribution in [0.4, 0.5) is 0 Å². The van der Waals surface area contributed by atoms with Gasteiger partial charge in [-0.25, -0.2) is 0 Å². The minimum absolute atomic E-state index is 0.0367. The molecule has 3 N–H and O–H groups in total. The third-order valence-corrected chi connectivity index (χ3v) is 4.72. The van der Waals surface area contributed by atoms with Crippen molar-refractivity contribution in [1.29, 1.82) is 0 Å². The number of aliphatic hydroxyl groups is 1. The Bertz CT molecular complexity index is 424. The summed E-state index contributed by atoms with van der Waals surface area (Å²) in [4.78, 5) is 28.3. The molecule has 6 heteroatoms. The van der Waals surface area contributed by atoms with Crippen LogP contribution in [0.3, 0.4) is 0 Å². The summed E-state index contributed by atoms with van der Waals surface area (Å²) >= 11 is 0. The Kier molecular flexibility index (Phi) is 4.58. The van der Waals surface area contributed by atoms with Crippen molar-refractivity contribution < 1.29 is 14.7 Å². The van der Waals surface area contributed by atoms with Crippen molar-refractivity contribution >= 4 is 11.8 Å². The van der Waals surface area contributed by atoms with E-state index >= 15 is 0 Å². The number of carbonyl (C=O) groups excluding carboxylic acids is 2. The molecule has 0 radical (unpaired) electrons. The maximum absolute atomic E-state index is 12.9. The van der Waals surface area contributed by atoms with Crippen LogP contribution in [0.5, 0.6) is 0 Å². The average molecular weight is 297 g/mol. The predicted molar refractivity (Wildman–Crippen MR) is 79.4 cm³/mol. The van der Waals surface area contributed by atoms with E-state index in [2.05, 4.69) is 18.7 Å². The van der Waals surface area contributed by atoms with Crippen LogP contribution in [-0.4, -0.2) is 64.0 Å². The molecule has 120 valence electrons. The van der Waals surface area contributed by atoms with Crippen molar-refractivity contribution in [3.63, 3.8) is 0 Å². The van der Waals surface area contributed by atoms with E-state index in [-0.39, 0.29) is 5.91 Å². The second-order valence-corrected chi connectivity index (χ2v) is 6.81. The van der Waals surface area contributed by atoms with E-state index in [1.165, 1.54) is 11.8 Å². The first kappa shape index (κ1) is 16.2. The molecule has 2 rings (SSSR count). The molecule has 0 aromatic rings. The van der Waals surface area contributed by atoms with Crippen molar-refractivity contribution in [3.8, 4) is 0 Å². The first-order valence-corrected chi connectivity index (χ1v) is 7.83. The third kappa shape index (κ3) is 2.79. The number of likely N-dealkylation sites (tertiary alicyclic amines) is 2. The minimum Gasteiger partial charge on any atom is -0.391 e. The third-order valence-electron chi connectivity index (χ3n) is 4.72. The van der Waals surface area contributed by atoms with Gasteiger partial charge in [0.25, 0.3) is 0 Å². The molecule has 1 unspecified atom stereocenters. The summed E-state index contributed by atoms with van der Waals surface area (Å²) in [5.74, 6) is -0.181. The summed E-state index contributed by atoms with van der Waals surface area (Å²) in [5, 5.41) is 9.79. The van der Waals surface area contributed by atoms with Gasteiger partial charge in [-0.1, -0.05) is 13.8 Å². The van der Waals surface area contributed by atoms with Crippen LogP contribution in [0.15, 0.2) is 0 Å². The lowest BCUT2D eigenvalue weighted by atomic mass is 9.93. The Morgan fingerprint density at radius 3 is 2.52 bits per heavy atom. The van der Waals surface area contributed by atoms with Crippen LogP contribution < -0.4 is 5.73 Å². The molecule has 2 heterocycles. The number of hydrogen-bond acceptors (Lipinski definition) is 4. The molecule has 2 fully saturated rings. The maximum Gasteiger partial charge on any atom is 0.243 e. The zero-order valence-electron chi connectivity index (χ0n) is 13.2. The van der Waals surface area contributed by atoms with Crippen LogP contribution in [-0.2, 0) is 9.59 Å². The lowest BCUT2D eigenvalue weighted by Gasteiger charge is -2.36. The molecule has 6 nitrogen and oxygen atoms in total. The van der Waals surface area contributed by atoms with Crippen molar-refractivity contribution in [2.45, 2.75) is 57.7 Å². The molecule has 21 heavy (non-hydrogen) atoms. The molecule has 0 saturated carbocycles. The number of rotatable bonds is 5. The maximum atomic E-state index is 12.9. The highest BCUT2D eigenvalue weighted by atomic mass is 16.3. The summed E-state index contributed by atoms with van der Waals surface area (Å²) in [6.07, 6.45) is 1.61. The molecule has 0 aliphatic carbocycles. The van der Waals surface area contributed by atoms with Crippen LogP contribution >= 0.6 is 0 Å². The highest BCUT2D eigenvalue weighted by Crippen LogP contribution is 2.40. The molecule has 0 bridgehead atoms. The van der Waals surface area contributed by atoms with Crippen LogP contribution in [0.1, 0.15) is 40.0 Å². The van der Waals surface area contributed by atoms with E-state index in [1.54, 1.807) is 0 Å². The Morgan fingerprint density at radius 1 is 1.33 bits per heavy atom. The number of carbonyl (C=O) groups is 2. The van der Waals surface area contributed by atoms with Crippen molar-refractivity contribution in [2.75, 3.05) is 19.6 Å². The highest BCUT2D eigenvalue weighted by molar-refractivity contribution is 5.93. The summed E-state index contributed by atoms with van der Waals surface area (Å²) in [6, 6.07) is -0.918. The fourth-order valence-corrected chi connectivity index (χ4v) is 3.86. The lowest BCUT2D eigenvalue weighted by Crippen LogP contribution is -2.57. The molecule has 3 atom stereocenters. The van der Waals surface area contributed by atoms with Gasteiger partial charge in [0.05, 0.1) is 6.10 Å². The normalized spacial score (nSPS) is 29.6. The zero-order chi connectivity index (χ0) is 15.8. The van der Waals surface area contributed by atoms with E-state index in [4.69, 9.17) is 5.73 Å². The zero-order valence-corrected chi connectivity index (χ0v) is 13.2. The van der Waals surface area contributed by atoms with Gasteiger partial charge < -0.3 is 15.7 Å². The molecular formula is C15H27N3O3. The monoisotopic (exact) mass is 297 g/mol. The SMILES string of the molecule is CC(C)CN1CCCC12CCN([C@H](C(N)=O)[C@@H](C)O)C2=O. The van der Waals surface area contributed by atoms with Gasteiger partial charge in [-0.3, -0.25) is 14.5 Å². The molecule has 2 aliphatic rings. The van der Waals surface area contributed by atoms with Gasteiger partial charge in [0.1, 0.15) is 11.6 Å². The number of nitrogens with two attached hydrogens (primary N) is 1. The first-order chi connectivity index (χ1) is 9.79. The van der Waals surface area contributed by atoms with Gasteiger partial charge in [-0.2, -0.15) is 0 Å². The average Bonchev–Trinajstić information content (AvgIpc) is 2.88. The molecule has 0 aromatic heterocycles. The fraction of sp³-hybridized carbons (Fsp3) is 0.867. The van der Waals surface area contributed by atoms with E-state index in [0.29, 0.717) is 12.5 Å². The molecule has 2 aliphatic heterocycles. The Morgan fingerprint density at radius 2 is 2.00 bits per heavy atom. The highest BCUT2D eigenvalue weighted by Gasteiger charge is 2.55. The smallest absolute Gasteiger partial charge is 0.243 e. The fourth-order valence-electron chi connectivity index (χ4n) is 3.86. The quantitative estimate of drug-likeness (QED) is 0.744. The van der Waals surface area contributed by atoms with Gasteiger partial charge in [-0.15, -0.1) is 0 Å². The molecule has 1 spiro atoms. The van der Waals surface area contributed by atoms with Crippen molar-refractivity contribution in [1.82, 2.24) is 9.80 Å². The number of amides is 2. The molecule has 2 amide bonds. The largest absolute Gasteiger partial charge is 0.391 e. The Labute approximate surface area is 126 Å². The Balaban J connectivity index is 2.22. The van der Waals surface area contributed by atoms with E-state index in [0.717, 1.165) is 32.4 Å². The van der Waals surface area contributed by atoms with Crippen molar-refractivity contribution in [2.24, 2.45) is 11.7 Å². The van der Waals surface area contributed by atoms with E-state index in [1.807, 2.05) is 0 Å². The summed E-state index contributed by atoms with van der Waals surface area (Å²) in [6.45, 7) is 8.10. The van der Waals surface area contributed by atoms with Gasteiger partial charge >= 0.3 is 0 Å². The Hall–Kier alpha value is -1.14. The summed E-state index contributed by atoms with van der Waals surface area (Å²) in [5.41, 5.74) is 4.90. The van der Waals surface area contributed by atoms with Gasteiger partial charge in [-0.05, 0) is 38.6 Å². The second kappa shape index (κ2) is 5.93. The van der Waals surface area contributed by atoms with Crippen molar-refractivity contribution in [3.05, 3.63) is 0 Å². The number of aliphatic hydroxyl groups excluding tert-OH is 1. The van der Waals surface area contributed by atoms with Crippen LogP contribution in [0.2, 0.25) is 0 Å². The second-order valence-electron chi connectivity index (χ2n) is 6.81. The van der Waals surface area contributed by atoms with Crippen LogP contribution in [0.25, 0.3) is 0 Å². The number of primary amides is 1. The van der Waals surface area contributed by atoms with Gasteiger partial charge in [0.15, 0.2) is 0 Å². The topological polar surface area (TPSA) is 86.9 Å². The van der Waals surface area contributed by atoms with Gasteiger partial charge in [0, 0.05) is 13.1 Å². The van der Waals surface area contributed by atoms with Gasteiger partial charge in [0.2, 0.25) is 11.8 Å². The van der Waals surface area contributed by atoms with Crippen LogP contribution in [0, 0.1) is 5.92 Å². The first-order valence-electron chi connectivity index (χ1n) is 7.83. The summed E-state index contributed by atoms with van der Waals surface area (Å²) in [7, 11) is 0. The number of nitrogens with zero attached hydrogens (tertiary/aromatic N) is 2. The number of hydrogen-bond donors (Lipinski definition) is 2.